The van der Waals surface area contributed by atoms with Gasteiger partial charge in [0.1, 0.15) is 5.82 Å². The Bertz CT molecular complexity index is 1080. The standard InChI is InChI=1S/C15H9Cl2F3N4O2S/c16-10-1-3-11(4-2-10)27(25,26)23-13-5-6-22-24(13)14-12(17)7-9(8-21-14)15(18,19)20/h1-8,23H. The number of sulfonamides is 1. The maximum atomic E-state index is 12.7. The summed E-state index contributed by atoms with van der Waals surface area (Å²) >= 11 is 11.6. The molecule has 142 valence electrons. The fraction of sp³-hybridized carbons (Fsp3) is 0.0667. The molecule has 12 heteroatoms. The van der Waals surface area contributed by atoms with Crippen molar-refractivity contribution in [2.75, 3.05) is 4.72 Å². The Morgan fingerprint density at radius 3 is 2.33 bits per heavy atom. The van der Waals surface area contributed by atoms with Crippen molar-refractivity contribution >= 4 is 39.0 Å². The van der Waals surface area contributed by atoms with Crippen molar-refractivity contribution in [2.45, 2.75) is 11.1 Å². The number of hydrogen-bond acceptors (Lipinski definition) is 4. The monoisotopic (exact) mass is 436 g/mol. The number of halogens is 5. The van der Waals surface area contributed by atoms with Crippen LogP contribution >= 0.6 is 23.2 Å². The summed E-state index contributed by atoms with van der Waals surface area (Å²) in [5.74, 6) is -0.220. The van der Waals surface area contributed by atoms with Crippen molar-refractivity contribution in [3.63, 3.8) is 0 Å². The van der Waals surface area contributed by atoms with Crippen LogP contribution in [0.5, 0.6) is 0 Å². The number of alkyl halides is 3. The maximum Gasteiger partial charge on any atom is 0.417 e. The van der Waals surface area contributed by atoms with Crippen LogP contribution < -0.4 is 4.72 Å². The first-order valence-corrected chi connectivity index (χ1v) is 9.37. The van der Waals surface area contributed by atoms with Crippen molar-refractivity contribution in [2.24, 2.45) is 0 Å². The van der Waals surface area contributed by atoms with Gasteiger partial charge in [0, 0.05) is 17.3 Å². The van der Waals surface area contributed by atoms with Gasteiger partial charge in [-0.2, -0.15) is 23.0 Å². The van der Waals surface area contributed by atoms with E-state index in [9.17, 15) is 21.6 Å². The summed E-state index contributed by atoms with van der Waals surface area (Å²) in [6.07, 6.45) is -2.78. The van der Waals surface area contributed by atoms with Crippen molar-refractivity contribution in [3.8, 4) is 5.82 Å². The highest BCUT2D eigenvalue weighted by Crippen LogP contribution is 2.32. The highest BCUT2D eigenvalue weighted by Gasteiger charge is 2.32. The second-order valence-corrected chi connectivity index (χ2v) is 7.74. The van der Waals surface area contributed by atoms with Crippen LogP contribution in [0.25, 0.3) is 5.82 Å². The lowest BCUT2D eigenvalue weighted by molar-refractivity contribution is -0.137. The van der Waals surface area contributed by atoms with Gasteiger partial charge < -0.3 is 0 Å². The number of hydrogen-bond donors (Lipinski definition) is 1. The van der Waals surface area contributed by atoms with Gasteiger partial charge in [-0.1, -0.05) is 23.2 Å². The van der Waals surface area contributed by atoms with Crippen LogP contribution in [-0.4, -0.2) is 23.2 Å². The molecule has 2 aromatic heterocycles. The molecule has 0 saturated heterocycles. The molecule has 3 aromatic rings. The van der Waals surface area contributed by atoms with E-state index in [4.69, 9.17) is 23.2 Å². The summed E-state index contributed by atoms with van der Waals surface area (Å²) in [5.41, 5.74) is -1.04. The van der Waals surface area contributed by atoms with E-state index < -0.39 is 21.8 Å². The SMILES string of the molecule is O=S(=O)(Nc1ccnn1-c1ncc(C(F)(F)F)cc1Cl)c1ccc(Cl)cc1. The fourth-order valence-electron chi connectivity index (χ4n) is 2.10. The van der Waals surface area contributed by atoms with Gasteiger partial charge in [-0.3, -0.25) is 4.72 Å². The molecule has 1 aromatic carbocycles. The average Bonchev–Trinajstić information content (AvgIpc) is 3.01. The van der Waals surface area contributed by atoms with Crippen LogP contribution in [0, 0.1) is 0 Å². The maximum absolute atomic E-state index is 12.7. The van der Waals surface area contributed by atoms with Crippen LogP contribution in [0.2, 0.25) is 10.0 Å². The van der Waals surface area contributed by atoms with E-state index in [-0.39, 0.29) is 21.6 Å². The summed E-state index contributed by atoms with van der Waals surface area (Å²) < 4.78 is 66.4. The first kappa shape index (κ1) is 19.5. The largest absolute Gasteiger partial charge is 0.417 e. The number of nitrogens with zero attached hydrogens (tertiary/aromatic N) is 3. The molecule has 0 aliphatic rings. The van der Waals surface area contributed by atoms with E-state index in [2.05, 4.69) is 14.8 Å². The van der Waals surface area contributed by atoms with E-state index in [0.29, 0.717) is 17.3 Å². The van der Waals surface area contributed by atoms with Gasteiger partial charge >= 0.3 is 6.18 Å². The van der Waals surface area contributed by atoms with Crippen LogP contribution in [0.4, 0.5) is 19.0 Å². The molecule has 0 spiro atoms. The molecule has 2 heterocycles. The first-order valence-electron chi connectivity index (χ1n) is 7.13. The molecule has 27 heavy (non-hydrogen) atoms. The van der Waals surface area contributed by atoms with Crippen molar-refractivity contribution in [1.82, 2.24) is 14.8 Å². The third-order valence-corrected chi connectivity index (χ3v) is 5.26. The number of nitrogens with one attached hydrogen (secondary N) is 1. The lowest BCUT2D eigenvalue weighted by atomic mass is 10.3. The minimum absolute atomic E-state index is 0.0564. The normalized spacial score (nSPS) is 12.2. The number of anilines is 1. The minimum Gasteiger partial charge on any atom is -0.263 e. The van der Waals surface area contributed by atoms with Crippen molar-refractivity contribution in [3.05, 3.63) is 64.4 Å². The molecular formula is C15H9Cl2F3N4O2S. The summed E-state index contributed by atoms with van der Waals surface area (Å²) in [6, 6.07) is 7.40. The topological polar surface area (TPSA) is 76.9 Å². The summed E-state index contributed by atoms with van der Waals surface area (Å²) in [6.45, 7) is 0. The van der Waals surface area contributed by atoms with E-state index in [0.717, 1.165) is 4.68 Å². The lowest BCUT2D eigenvalue weighted by Crippen LogP contribution is -2.16. The summed E-state index contributed by atoms with van der Waals surface area (Å²) in [7, 11) is -4.00. The highest BCUT2D eigenvalue weighted by molar-refractivity contribution is 7.92. The van der Waals surface area contributed by atoms with Crippen LogP contribution in [0.3, 0.4) is 0 Å². The Balaban J connectivity index is 1.96. The first-order chi connectivity index (χ1) is 12.6. The van der Waals surface area contributed by atoms with Crippen molar-refractivity contribution < 1.29 is 21.6 Å². The Labute approximate surface area is 161 Å². The molecule has 0 aliphatic heterocycles. The lowest BCUT2D eigenvalue weighted by Gasteiger charge is -2.12. The molecule has 6 nitrogen and oxygen atoms in total. The Kier molecular flexibility index (Phi) is 5.06. The fourth-order valence-corrected chi connectivity index (χ4v) is 3.52. The highest BCUT2D eigenvalue weighted by atomic mass is 35.5. The quantitative estimate of drug-likeness (QED) is 0.657. The minimum atomic E-state index is -4.61. The van der Waals surface area contributed by atoms with Gasteiger partial charge in [-0.25, -0.2) is 13.4 Å². The van der Waals surface area contributed by atoms with Gasteiger partial charge in [0.05, 0.1) is 21.7 Å². The molecule has 0 bridgehead atoms. The molecule has 1 N–H and O–H groups in total. The molecule has 0 unspecified atom stereocenters. The van der Waals surface area contributed by atoms with E-state index in [1.165, 1.54) is 36.5 Å². The van der Waals surface area contributed by atoms with Gasteiger partial charge in [-0.15, -0.1) is 0 Å². The molecule has 0 amide bonds. The summed E-state index contributed by atoms with van der Waals surface area (Å²) in [5, 5.41) is 3.89. The third kappa shape index (κ3) is 4.18. The second kappa shape index (κ2) is 7.02. The predicted molar refractivity (Wildman–Crippen MR) is 93.6 cm³/mol. The number of rotatable bonds is 4. The molecule has 0 atom stereocenters. The smallest absolute Gasteiger partial charge is 0.263 e. The average molecular weight is 437 g/mol. The van der Waals surface area contributed by atoms with Crippen LogP contribution in [-0.2, 0) is 16.2 Å². The van der Waals surface area contributed by atoms with Crippen LogP contribution in [0.1, 0.15) is 5.56 Å². The molecule has 0 saturated carbocycles. The zero-order chi connectivity index (χ0) is 19.8. The Hall–Kier alpha value is -2.30. The van der Waals surface area contributed by atoms with Crippen molar-refractivity contribution in [1.29, 1.82) is 0 Å². The predicted octanol–water partition coefficient (Wildman–Crippen LogP) is 4.39. The third-order valence-electron chi connectivity index (χ3n) is 3.36. The Morgan fingerprint density at radius 1 is 1.07 bits per heavy atom. The number of aromatic nitrogens is 3. The van der Waals surface area contributed by atoms with E-state index in [1.807, 2.05) is 0 Å². The zero-order valence-electron chi connectivity index (χ0n) is 13.1. The molecule has 0 radical (unpaired) electrons. The van der Waals surface area contributed by atoms with E-state index >= 15 is 0 Å². The zero-order valence-corrected chi connectivity index (χ0v) is 15.4. The molecule has 0 aliphatic carbocycles. The van der Waals surface area contributed by atoms with Gasteiger partial charge in [0.2, 0.25) is 0 Å². The Morgan fingerprint density at radius 2 is 1.74 bits per heavy atom. The molecule has 3 rings (SSSR count). The molecule has 0 fully saturated rings. The van der Waals surface area contributed by atoms with Gasteiger partial charge in [-0.05, 0) is 30.3 Å². The van der Waals surface area contributed by atoms with Gasteiger partial charge in [0.25, 0.3) is 10.0 Å². The number of benzene rings is 1. The molecular weight excluding hydrogens is 428 g/mol. The summed E-state index contributed by atoms with van der Waals surface area (Å²) in [4.78, 5) is 3.59. The second-order valence-electron chi connectivity index (χ2n) is 5.21. The van der Waals surface area contributed by atoms with Gasteiger partial charge in [0.15, 0.2) is 5.82 Å². The van der Waals surface area contributed by atoms with Crippen LogP contribution in [0.15, 0.2) is 53.7 Å². The number of pyridine rings is 1. The van der Waals surface area contributed by atoms with E-state index in [1.54, 1.807) is 0 Å².